The van der Waals surface area contributed by atoms with E-state index in [0.29, 0.717) is 11.4 Å². The first kappa shape index (κ1) is 21.9. The minimum atomic E-state index is -0.301. The highest BCUT2D eigenvalue weighted by Crippen LogP contribution is 2.30. The van der Waals surface area contributed by atoms with Crippen molar-refractivity contribution in [2.24, 2.45) is 0 Å². The number of rotatable bonds is 5. The van der Waals surface area contributed by atoms with Gasteiger partial charge in [-0.25, -0.2) is 9.78 Å². The average Bonchev–Trinajstić information content (AvgIpc) is 2.89. The second-order valence-electron chi connectivity index (χ2n) is 8.19. The minimum absolute atomic E-state index is 0.301. The van der Waals surface area contributed by atoms with Gasteiger partial charge >= 0.3 is 6.03 Å². The van der Waals surface area contributed by atoms with Crippen molar-refractivity contribution in [3.05, 3.63) is 126 Å². The van der Waals surface area contributed by atoms with E-state index < -0.39 is 0 Å². The Kier molecular flexibility index (Phi) is 6.19. The van der Waals surface area contributed by atoms with E-state index in [-0.39, 0.29) is 6.03 Å². The van der Waals surface area contributed by atoms with Crippen LogP contribution in [0, 0.1) is 11.3 Å². The molecule has 5 heteroatoms. The van der Waals surface area contributed by atoms with Gasteiger partial charge in [0.05, 0.1) is 0 Å². The number of hydrogen-bond acceptors (Lipinski definition) is 3. The first-order chi connectivity index (χ1) is 17.2. The van der Waals surface area contributed by atoms with Crippen molar-refractivity contribution in [2.75, 3.05) is 10.6 Å². The van der Waals surface area contributed by atoms with Crippen LogP contribution >= 0.6 is 0 Å². The van der Waals surface area contributed by atoms with Gasteiger partial charge in [0.15, 0.2) is 0 Å². The number of aromatic nitrogens is 1. The number of carbonyl (C=O) groups is 1. The van der Waals surface area contributed by atoms with Gasteiger partial charge in [-0.05, 0) is 64.4 Å². The van der Waals surface area contributed by atoms with E-state index in [1.807, 2.05) is 84.9 Å². The van der Waals surface area contributed by atoms with Crippen molar-refractivity contribution < 1.29 is 4.79 Å². The molecule has 0 saturated heterocycles. The third-order valence-corrected chi connectivity index (χ3v) is 5.80. The molecular weight excluding hydrogens is 432 g/mol. The van der Waals surface area contributed by atoms with E-state index in [9.17, 15) is 10.1 Å². The maximum atomic E-state index is 12.6. The van der Waals surface area contributed by atoms with Crippen molar-refractivity contribution >= 4 is 28.2 Å². The summed E-state index contributed by atoms with van der Waals surface area (Å²) in [6.07, 6.45) is 2.46. The summed E-state index contributed by atoms with van der Waals surface area (Å²) in [5.74, 6) is 0. The molecule has 1 heterocycles. The van der Waals surface area contributed by atoms with E-state index in [0.717, 1.165) is 39.6 Å². The quantitative estimate of drug-likeness (QED) is 0.300. The smallest absolute Gasteiger partial charge is 0.308 e. The van der Waals surface area contributed by atoms with Crippen LogP contribution in [-0.4, -0.2) is 11.0 Å². The van der Waals surface area contributed by atoms with Gasteiger partial charge in [-0.15, -0.1) is 0 Å². The number of anilines is 2. The van der Waals surface area contributed by atoms with Gasteiger partial charge in [-0.2, -0.15) is 5.26 Å². The molecule has 2 amide bonds. The molecule has 0 aliphatic heterocycles. The summed E-state index contributed by atoms with van der Waals surface area (Å²) in [5, 5.41) is 16.9. The predicted octanol–water partition coefficient (Wildman–Crippen LogP) is 7.01. The van der Waals surface area contributed by atoms with E-state index in [2.05, 4.69) is 39.9 Å². The van der Waals surface area contributed by atoms with E-state index in [1.165, 1.54) is 5.56 Å². The Morgan fingerprint density at radius 1 is 0.743 bits per heavy atom. The first-order valence-electron chi connectivity index (χ1n) is 11.3. The molecule has 0 bridgehead atoms. The maximum absolute atomic E-state index is 12.6. The lowest BCUT2D eigenvalue weighted by molar-refractivity contribution is 0.262. The van der Waals surface area contributed by atoms with Crippen molar-refractivity contribution in [2.45, 2.75) is 6.42 Å². The highest BCUT2D eigenvalue weighted by atomic mass is 16.2. The lowest BCUT2D eigenvalue weighted by atomic mass is 9.98. The lowest BCUT2D eigenvalue weighted by Gasteiger charge is -2.11. The number of hydrogen-bond donors (Lipinski definition) is 2. The molecule has 5 aromatic rings. The predicted molar refractivity (Wildman–Crippen MR) is 140 cm³/mol. The Morgan fingerprint density at radius 2 is 1.49 bits per heavy atom. The number of nitrogens with one attached hydrogen (secondary N) is 2. The van der Waals surface area contributed by atoms with Crippen LogP contribution in [0.25, 0.3) is 21.9 Å². The van der Waals surface area contributed by atoms with Crippen LogP contribution in [0.2, 0.25) is 0 Å². The Hall–Kier alpha value is -4.95. The largest absolute Gasteiger partial charge is 0.323 e. The Labute approximate surface area is 203 Å². The van der Waals surface area contributed by atoms with Crippen LogP contribution in [0.15, 0.2) is 109 Å². The van der Waals surface area contributed by atoms with Gasteiger partial charge in [-0.3, -0.25) is 0 Å². The van der Waals surface area contributed by atoms with E-state index >= 15 is 0 Å². The Balaban J connectivity index is 1.28. The topological polar surface area (TPSA) is 77.8 Å². The van der Waals surface area contributed by atoms with Gasteiger partial charge in [0, 0.05) is 23.0 Å². The molecule has 0 radical (unpaired) electrons. The average molecular weight is 455 g/mol. The molecule has 0 unspecified atom stereocenters. The fraction of sp³-hybridized carbons (Fsp3) is 0.0333. The second kappa shape index (κ2) is 9.90. The highest BCUT2D eigenvalue weighted by molar-refractivity contribution is 6.01. The lowest BCUT2D eigenvalue weighted by Crippen LogP contribution is -2.19. The molecule has 0 spiro atoms. The van der Waals surface area contributed by atoms with Gasteiger partial charge in [0.1, 0.15) is 11.8 Å². The first-order valence-corrected chi connectivity index (χ1v) is 11.3. The summed E-state index contributed by atoms with van der Waals surface area (Å²) < 4.78 is 0. The van der Waals surface area contributed by atoms with Crippen molar-refractivity contribution in [1.82, 2.24) is 4.98 Å². The summed E-state index contributed by atoms with van der Waals surface area (Å²) in [5.41, 5.74) is 6.19. The fourth-order valence-electron chi connectivity index (χ4n) is 4.17. The van der Waals surface area contributed by atoms with Crippen LogP contribution in [0.1, 0.15) is 16.8 Å². The Morgan fingerprint density at radius 3 is 2.29 bits per heavy atom. The molecule has 0 aliphatic carbocycles. The zero-order valence-electron chi connectivity index (χ0n) is 18.9. The fourth-order valence-corrected chi connectivity index (χ4v) is 4.17. The summed E-state index contributed by atoms with van der Waals surface area (Å²) in [6.45, 7) is 0. The molecule has 0 aliphatic rings. The van der Waals surface area contributed by atoms with Gasteiger partial charge < -0.3 is 10.6 Å². The molecule has 2 N–H and O–H groups in total. The monoisotopic (exact) mass is 454 g/mol. The maximum Gasteiger partial charge on any atom is 0.323 e. The molecule has 0 saturated carbocycles. The van der Waals surface area contributed by atoms with Gasteiger partial charge in [-0.1, -0.05) is 72.8 Å². The highest BCUT2D eigenvalue weighted by Gasteiger charge is 2.09. The summed E-state index contributed by atoms with van der Waals surface area (Å²) >= 11 is 0. The summed E-state index contributed by atoms with van der Waals surface area (Å²) in [7, 11) is 0. The third-order valence-electron chi connectivity index (χ3n) is 5.80. The van der Waals surface area contributed by atoms with Crippen LogP contribution in [-0.2, 0) is 6.42 Å². The number of amides is 2. The van der Waals surface area contributed by atoms with Crippen molar-refractivity contribution in [3.8, 4) is 17.2 Å². The zero-order valence-corrected chi connectivity index (χ0v) is 18.9. The van der Waals surface area contributed by atoms with Crippen LogP contribution in [0.4, 0.5) is 16.2 Å². The number of nitriles is 1. The van der Waals surface area contributed by atoms with Crippen molar-refractivity contribution in [1.29, 1.82) is 5.26 Å². The number of pyridine rings is 1. The third kappa shape index (κ3) is 5.02. The zero-order chi connectivity index (χ0) is 24.0. The molecule has 1 aromatic heterocycles. The number of urea groups is 1. The SMILES string of the molecule is N#Cc1nccc2c(-c3ccc(NC(=O)Nc4cccc(Cc5ccccc5)c4)cc3)cccc12. The van der Waals surface area contributed by atoms with E-state index in [1.54, 1.807) is 6.20 Å². The molecular formula is C30H22N4O. The number of fused-ring (bicyclic) bond motifs is 1. The number of nitrogens with zero attached hydrogens (tertiary/aromatic N) is 2. The van der Waals surface area contributed by atoms with Crippen LogP contribution in [0.5, 0.6) is 0 Å². The normalized spacial score (nSPS) is 10.5. The van der Waals surface area contributed by atoms with Crippen LogP contribution < -0.4 is 10.6 Å². The molecule has 0 atom stereocenters. The molecule has 0 fully saturated rings. The summed E-state index contributed by atoms with van der Waals surface area (Å²) in [6, 6.07) is 35.3. The number of benzene rings is 4. The molecule has 5 rings (SSSR count). The standard InChI is InChI=1S/C30H22N4O/c31-20-29-28-11-5-10-26(27(28)16-17-32-29)23-12-14-24(15-13-23)33-30(35)34-25-9-4-8-22(19-25)18-21-6-2-1-3-7-21/h1-17,19H,18H2,(H2,33,34,35). The van der Waals surface area contributed by atoms with Gasteiger partial charge in [0.25, 0.3) is 0 Å². The van der Waals surface area contributed by atoms with E-state index in [4.69, 9.17) is 0 Å². The molecule has 5 nitrogen and oxygen atoms in total. The molecule has 4 aromatic carbocycles. The van der Waals surface area contributed by atoms with Gasteiger partial charge in [0.2, 0.25) is 0 Å². The molecule has 168 valence electrons. The van der Waals surface area contributed by atoms with Crippen LogP contribution in [0.3, 0.4) is 0 Å². The second-order valence-corrected chi connectivity index (χ2v) is 8.19. The number of carbonyl (C=O) groups excluding carboxylic acids is 1. The Bertz CT molecular complexity index is 1540. The van der Waals surface area contributed by atoms with Crippen molar-refractivity contribution in [3.63, 3.8) is 0 Å². The minimum Gasteiger partial charge on any atom is -0.308 e. The molecule has 35 heavy (non-hydrogen) atoms. The summed E-state index contributed by atoms with van der Waals surface area (Å²) in [4.78, 5) is 16.7.